The summed E-state index contributed by atoms with van der Waals surface area (Å²) in [5, 5.41) is 7.57. The van der Waals surface area contributed by atoms with Gasteiger partial charge in [-0.2, -0.15) is 5.10 Å². The third-order valence-electron chi connectivity index (χ3n) is 6.36. The van der Waals surface area contributed by atoms with Crippen LogP contribution in [0.25, 0.3) is 5.69 Å². The van der Waals surface area contributed by atoms with E-state index in [1.807, 2.05) is 25.1 Å². The highest BCUT2D eigenvalue weighted by atomic mass is 35.6. The van der Waals surface area contributed by atoms with E-state index in [1.54, 1.807) is 4.68 Å². The molecule has 2 rings (SSSR count). The van der Waals surface area contributed by atoms with E-state index < -0.39 is 18.2 Å². The predicted octanol–water partition coefficient (Wildman–Crippen LogP) is 8.95. The fourth-order valence-corrected chi connectivity index (χ4v) is 10.2. The van der Waals surface area contributed by atoms with Gasteiger partial charge in [0, 0.05) is 17.5 Å². The number of hydrogen-bond donors (Lipinski definition) is 1. The van der Waals surface area contributed by atoms with E-state index in [0.717, 1.165) is 22.7 Å². The molecule has 0 saturated carbocycles. The van der Waals surface area contributed by atoms with E-state index in [2.05, 4.69) is 73.7 Å². The summed E-state index contributed by atoms with van der Waals surface area (Å²) in [7, 11) is -2.17. The Balaban J connectivity index is 2.55. The van der Waals surface area contributed by atoms with Crippen molar-refractivity contribution in [2.75, 3.05) is 11.9 Å². The van der Waals surface area contributed by atoms with E-state index in [4.69, 9.17) is 49.1 Å². The van der Waals surface area contributed by atoms with Gasteiger partial charge in [0.2, 0.25) is 3.79 Å². The van der Waals surface area contributed by atoms with E-state index in [-0.39, 0.29) is 12.0 Å². The molecule has 202 valence electrons. The van der Waals surface area contributed by atoms with E-state index in [0.29, 0.717) is 22.4 Å². The second-order valence-electron chi connectivity index (χ2n) is 11.3. The quantitative estimate of drug-likeness (QED) is 0.252. The van der Waals surface area contributed by atoms with Crippen molar-refractivity contribution in [3.05, 3.63) is 35.5 Å². The standard InChI is InChI=1S/C26H40Cl3N3O3Si/c1-16(2)36(17(3)4,18(5)6)35-21-12-19(7)11-20(13-21)32-23(14-22(31-32)25(8,9)10)30-24(33)34-15-26(27,28)29/h11-14,16-18H,15H2,1-10H3,(H,30,33). The minimum Gasteiger partial charge on any atom is -0.543 e. The number of amides is 1. The first-order chi connectivity index (χ1) is 16.4. The number of aryl methyl sites for hydroxylation is 1. The molecular weight excluding hydrogens is 537 g/mol. The van der Waals surface area contributed by atoms with E-state index in [9.17, 15) is 4.79 Å². The smallest absolute Gasteiger partial charge is 0.412 e. The SMILES string of the molecule is Cc1cc(O[Si](C(C)C)(C(C)C)C(C)C)cc(-n2nc(C(C)(C)C)cc2NC(=O)OCC(Cl)(Cl)Cl)c1. The molecular formula is C26H40Cl3N3O3Si. The van der Waals surface area contributed by atoms with Gasteiger partial charge in [-0.3, -0.25) is 5.32 Å². The van der Waals surface area contributed by atoms with Crippen LogP contribution in [0.1, 0.15) is 73.6 Å². The van der Waals surface area contributed by atoms with Gasteiger partial charge >= 0.3 is 6.09 Å². The summed E-state index contributed by atoms with van der Waals surface area (Å²) in [4.78, 5) is 12.5. The van der Waals surface area contributed by atoms with Gasteiger partial charge in [-0.25, -0.2) is 9.48 Å². The van der Waals surface area contributed by atoms with Crippen LogP contribution in [0.15, 0.2) is 24.3 Å². The number of nitrogens with zero attached hydrogens (tertiary/aromatic N) is 2. The molecule has 6 nitrogen and oxygen atoms in total. The Bertz CT molecular complexity index is 1040. The van der Waals surface area contributed by atoms with Crippen LogP contribution >= 0.6 is 34.8 Å². The summed E-state index contributed by atoms with van der Waals surface area (Å²) in [6.07, 6.45) is -0.738. The Morgan fingerprint density at radius 2 is 1.56 bits per heavy atom. The average Bonchev–Trinajstić information content (AvgIpc) is 3.13. The molecule has 10 heteroatoms. The minimum atomic E-state index is -2.17. The number of nitrogens with one attached hydrogen (secondary N) is 1. The third kappa shape index (κ3) is 7.56. The van der Waals surface area contributed by atoms with Crippen LogP contribution in [0.2, 0.25) is 16.6 Å². The normalized spacial score (nSPS) is 13.0. The van der Waals surface area contributed by atoms with Crippen LogP contribution in [0.4, 0.5) is 10.6 Å². The molecule has 0 aliphatic rings. The van der Waals surface area contributed by atoms with Gasteiger partial charge in [0.1, 0.15) is 18.2 Å². The van der Waals surface area contributed by atoms with Crippen LogP contribution < -0.4 is 9.74 Å². The van der Waals surface area contributed by atoms with Crippen molar-refractivity contribution in [1.82, 2.24) is 9.78 Å². The first kappa shape index (κ1) is 30.8. The lowest BCUT2D eigenvalue weighted by molar-refractivity contribution is 0.163. The van der Waals surface area contributed by atoms with Gasteiger partial charge in [-0.05, 0) is 41.2 Å². The largest absolute Gasteiger partial charge is 0.543 e. The molecule has 0 saturated heterocycles. The number of benzene rings is 1. The van der Waals surface area contributed by atoms with Crippen molar-refractivity contribution in [3.63, 3.8) is 0 Å². The number of aromatic nitrogens is 2. The zero-order valence-corrected chi connectivity index (χ0v) is 26.3. The first-order valence-electron chi connectivity index (χ1n) is 12.3. The summed E-state index contributed by atoms with van der Waals surface area (Å²) in [6.45, 7) is 21.4. The van der Waals surface area contributed by atoms with E-state index in [1.165, 1.54) is 0 Å². The zero-order chi connectivity index (χ0) is 27.6. The lowest BCUT2D eigenvalue weighted by Crippen LogP contribution is -2.50. The molecule has 0 spiro atoms. The van der Waals surface area contributed by atoms with Crippen molar-refractivity contribution in [2.24, 2.45) is 0 Å². The fourth-order valence-electron chi connectivity index (χ4n) is 4.79. The number of carbonyl (C=O) groups is 1. The van der Waals surface area contributed by atoms with Crippen molar-refractivity contribution in [2.45, 2.75) is 95.1 Å². The Morgan fingerprint density at radius 3 is 2.03 bits per heavy atom. The third-order valence-corrected chi connectivity index (χ3v) is 12.7. The molecule has 0 atom stereocenters. The van der Waals surface area contributed by atoms with Crippen LogP contribution in [-0.2, 0) is 10.2 Å². The maximum Gasteiger partial charge on any atom is 0.412 e. The van der Waals surface area contributed by atoms with Gasteiger partial charge in [0.05, 0.1) is 11.4 Å². The molecule has 0 aliphatic heterocycles. The second-order valence-corrected chi connectivity index (χ2v) is 19.2. The van der Waals surface area contributed by atoms with Crippen molar-refractivity contribution < 1.29 is 14.0 Å². The Morgan fingerprint density at radius 1 is 1.00 bits per heavy atom. The minimum absolute atomic E-state index is 0.249. The number of anilines is 1. The zero-order valence-electron chi connectivity index (χ0n) is 23.0. The number of halogens is 3. The molecule has 2 aromatic rings. The lowest BCUT2D eigenvalue weighted by Gasteiger charge is -2.42. The average molecular weight is 577 g/mol. The Hall–Kier alpha value is -1.41. The Labute approximate surface area is 232 Å². The number of carbonyl (C=O) groups excluding carboxylic acids is 1. The molecule has 0 bridgehead atoms. The van der Waals surface area contributed by atoms with Crippen molar-refractivity contribution >= 4 is 55.0 Å². The highest BCUT2D eigenvalue weighted by Gasteiger charge is 2.47. The topological polar surface area (TPSA) is 65.4 Å². The molecule has 0 fully saturated rings. The highest BCUT2D eigenvalue weighted by Crippen LogP contribution is 2.43. The predicted molar refractivity (Wildman–Crippen MR) is 154 cm³/mol. The molecule has 1 heterocycles. The Kier molecular flexibility index (Phi) is 9.88. The molecule has 36 heavy (non-hydrogen) atoms. The van der Waals surface area contributed by atoms with Gasteiger partial charge in [0.25, 0.3) is 8.32 Å². The fraction of sp³-hybridized carbons (Fsp3) is 0.615. The van der Waals surface area contributed by atoms with Crippen LogP contribution in [0.5, 0.6) is 5.75 Å². The van der Waals surface area contributed by atoms with Crippen LogP contribution in [0.3, 0.4) is 0 Å². The maximum atomic E-state index is 12.5. The van der Waals surface area contributed by atoms with Crippen LogP contribution in [-0.4, -0.2) is 34.6 Å². The second kappa shape index (κ2) is 11.5. The number of hydrogen-bond acceptors (Lipinski definition) is 4. The number of alkyl halides is 3. The summed E-state index contributed by atoms with van der Waals surface area (Å²) >= 11 is 17.2. The summed E-state index contributed by atoms with van der Waals surface area (Å²) in [5.41, 5.74) is 3.66. The summed E-state index contributed by atoms with van der Waals surface area (Å²) in [5.74, 6) is 1.26. The monoisotopic (exact) mass is 575 g/mol. The molecule has 1 amide bonds. The number of ether oxygens (including phenoxy) is 1. The molecule has 1 N–H and O–H groups in total. The van der Waals surface area contributed by atoms with Crippen molar-refractivity contribution in [3.8, 4) is 11.4 Å². The summed E-state index contributed by atoms with van der Waals surface area (Å²) in [6, 6.07) is 7.89. The molecule has 0 unspecified atom stereocenters. The lowest BCUT2D eigenvalue weighted by atomic mass is 9.92. The first-order valence-corrected chi connectivity index (χ1v) is 15.6. The van der Waals surface area contributed by atoms with Gasteiger partial charge in [-0.1, -0.05) is 97.1 Å². The number of rotatable bonds is 8. The molecule has 1 aromatic heterocycles. The maximum absolute atomic E-state index is 12.5. The van der Waals surface area contributed by atoms with E-state index >= 15 is 0 Å². The highest BCUT2D eigenvalue weighted by molar-refractivity contribution is 6.78. The van der Waals surface area contributed by atoms with Gasteiger partial charge in [0.15, 0.2) is 0 Å². The molecule has 1 aromatic carbocycles. The van der Waals surface area contributed by atoms with Crippen molar-refractivity contribution in [1.29, 1.82) is 0 Å². The van der Waals surface area contributed by atoms with Gasteiger partial charge < -0.3 is 9.16 Å². The molecule has 0 radical (unpaired) electrons. The summed E-state index contributed by atoms with van der Waals surface area (Å²) < 4.78 is 12.0. The molecule has 0 aliphatic carbocycles. The van der Waals surface area contributed by atoms with Crippen LogP contribution in [0, 0.1) is 6.92 Å². The van der Waals surface area contributed by atoms with Gasteiger partial charge in [-0.15, -0.1) is 0 Å².